The van der Waals surface area contributed by atoms with Gasteiger partial charge in [0.25, 0.3) is 10.0 Å². The number of carbonyl (C=O) groups is 2. The van der Waals surface area contributed by atoms with Crippen LogP contribution in [0.4, 0.5) is 5.69 Å². The number of para-hydroxylation sites is 1. The van der Waals surface area contributed by atoms with Gasteiger partial charge >= 0.3 is 0 Å². The maximum absolute atomic E-state index is 12.3. The van der Waals surface area contributed by atoms with E-state index in [0.717, 1.165) is 12.0 Å². The lowest BCUT2D eigenvalue weighted by atomic mass is 10.1. The van der Waals surface area contributed by atoms with Gasteiger partial charge in [0.1, 0.15) is 11.9 Å². The third kappa shape index (κ3) is 4.62. The van der Waals surface area contributed by atoms with Gasteiger partial charge in [0.05, 0.1) is 11.4 Å². The number of anilines is 1. The molecule has 1 atom stereocenters. The Balaban J connectivity index is 1.62. The first-order valence-corrected chi connectivity index (χ1v) is 10.7. The molecule has 1 aliphatic heterocycles. The highest BCUT2D eigenvalue weighted by molar-refractivity contribution is 7.90. The molecule has 29 heavy (non-hydrogen) atoms. The summed E-state index contributed by atoms with van der Waals surface area (Å²) in [5.74, 6) is -0.726. The molecule has 152 valence electrons. The lowest BCUT2D eigenvalue weighted by molar-refractivity contribution is -0.124. The summed E-state index contributed by atoms with van der Waals surface area (Å²) in [7, 11) is -3.67. The molecule has 2 aromatic carbocycles. The van der Waals surface area contributed by atoms with E-state index in [1.165, 1.54) is 13.0 Å². The van der Waals surface area contributed by atoms with Crippen LogP contribution in [0.1, 0.15) is 25.0 Å². The van der Waals surface area contributed by atoms with Gasteiger partial charge in [0.15, 0.2) is 0 Å². The Labute approximate surface area is 169 Å². The summed E-state index contributed by atoms with van der Waals surface area (Å²) in [5, 5.41) is 5.29. The van der Waals surface area contributed by atoms with Crippen molar-refractivity contribution in [2.45, 2.75) is 31.2 Å². The average molecular weight is 414 g/mol. The molecule has 1 heterocycles. The van der Waals surface area contributed by atoms with Gasteiger partial charge in [0, 0.05) is 11.3 Å². The van der Waals surface area contributed by atoms with Crippen molar-refractivity contribution in [3.8, 4) is 0 Å². The van der Waals surface area contributed by atoms with Crippen molar-refractivity contribution in [1.29, 1.82) is 0 Å². The van der Waals surface area contributed by atoms with Gasteiger partial charge in [-0.05, 0) is 37.1 Å². The first kappa shape index (κ1) is 20.5. The Kier molecular flexibility index (Phi) is 5.97. The fourth-order valence-corrected chi connectivity index (χ4v) is 4.18. The Morgan fingerprint density at radius 3 is 2.55 bits per heavy atom. The molecule has 2 amide bonds. The average Bonchev–Trinajstić information content (AvgIpc) is 2.96. The molecule has 3 N–H and O–H groups in total. The number of sulfonamides is 1. The molecule has 8 nitrogen and oxygen atoms in total. The van der Waals surface area contributed by atoms with Crippen LogP contribution in [0.3, 0.4) is 0 Å². The third-order valence-corrected chi connectivity index (χ3v) is 5.86. The molecule has 2 aromatic rings. The number of rotatable bonds is 6. The maximum atomic E-state index is 12.3. The minimum absolute atomic E-state index is 0.115. The summed E-state index contributed by atoms with van der Waals surface area (Å²) in [6, 6.07) is 13.0. The summed E-state index contributed by atoms with van der Waals surface area (Å²) in [6.07, 6.45) is 0.773. The topological polar surface area (TPSA) is 117 Å². The van der Waals surface area contributed by atoms with Crippen LogP contribution in [0.25, 0.3) is 0 Å². The van der Waals surface area contributed by atoms with E-state index in [0.29, 0.717) is 11.3 Å². The zero-order valence-corrected chi connectivity index (χ0v) is 16.9. The monoisotopic (exact) mass is 414 g/mol. The number of nitrogens with one attached hydrogen (secondary N) is 3. The number of fused-ring (bicyclic) bond motifs is 1. The molecular weight excluding hydrogens is 392 g/mol. The summed E-state index contributed by atoms with van der Waals surface area (Å²) >= 11 is 0. The van der Waals surface area contributed by atoms with Crippen LogP contribution < -0.4 is 15.4 Å². The standard InChI is InChI=1S/C20H22N4O4S/c1-3-14-8-4-6-10-16(14)23-18(25)12-21-20(26)13(2)22-19-15-9-5-7-11-17(15)29(27,28)24-19/h4-11,13H,3,12H2,1-2H3,(H,21,26)(H,22,24)(H,23,25). The summed E-state index contributed by atoms with van der Waals surface area (Å²) in [4.78, 5) is 28.8. The summed E-state index contributed by atoms with van der Waals surface area (Å²) in [6.45, 7) is 3.30. The first-order valence-electron chi connectivity index (χ1n) is 9.17. The minimum Gasteiger partial charge on any atom is -0.345 e. The van der Waals surface area contributed by atoms with Crippen LogP contribution in [-0.2, 0) is 26.0 Å². The van der Waals surface area contributed by atoms with Gasteiger partial charge in [-0.1, -0.05) is 37.3 Å². The van der Waals surface area contributed by atoms with Crippen molar-refractivity contribution >= 4 is 33.4 Å². The van der Waals surface area contributed by atoms with E-state index in [2.05, 4.69) is 20.3 Å². The van der Waals surface area contributed by atoms with Crippen LogP contribution in [0.2, 0.25) is 0 Å². The Bertz CT molecular complexity index is 1080. The normalized spacial score (nSPS) is 16.6. The summed E-state index contributed by atoms with van der Waals surface area (Å²) < 4.78 is 26.6. The number of amidine groups is 1. The number of hydrogen-bond acceptors (Lipinski definition) is 5. The number of aryl methyl sites for hydroxylation is 1. The van der Waals surface area contributed by atoms with Gasteiger partial charge in [-0.25, -0.2) is 8.42 Å². The quantitative estimate of drug-likeness (QED) is 0.663. The number of benzene rings is 2. The molecule has 0 fully saturated rings. The fourth-order valence-electron chi connectivity index (χ4n) is 2.94. The fraction of sp³-hybridized carbons (Fsp3) is 0.250. The first-order chi connectivity index (χ1) is 13.8. The third-order valence-electron chi connectivity index (χ3n) is 4.46. The zero-order valence-electron chi connectivity index (χ0n) is 16.1. The predicted octanol–water partition coefficient (Wildman–Crippen LogP) is 1.43. The van der Waals surface area contributed by atoms with Crippen molar-refractivity contribution in [3.05, 3.63) is 59.7 Å². The molecule has 0 aliphatic carbocycles. The van der Waals surface area contributed by atoms with E-state index in [-0.39, 0.29) is 23.2 Å². The van der Waals surface area contributed by atoms with Gasteiger partial charge in [-0.15, -0.1) is 0 Å². The Morgan fingerprint density at radius 2 is 1.79 bits per heavy atom. The molecule has 0 bridgehead atoms. The zero-order chi connectivity index (χ0) is 21.0. The molecule has 0 spiro atoms. The van der Waals surface area contributed by atoms with E-state index < -0.39 is 22.0 Å². The predicted molar refractivity (Wildman–Crippen MR) is 110 cm³/mol. The second-order valence-corrected chi connectivity index (χ2v) is 8.18. The molecule has 0 radical (unpaired) electrons. The smallest absolute Gasteiger partial charge is 0.263 e. The largest absolute Gasteiger partial charge is 0.345 e. The molecule has 0 saturated carbocycles. The van der Waals surface area contributed by atoms with E-state index >= 15 is 0 Å². The maximum Gasteiger partial charge on any atom is 0.263 e. The van der Waals surface area contributed by atoms with Crippen LogP contribution in [0.15, 0.2) is 58.4 Å². The molecule has 1 aliphatic rings. The number of amides is 2. The van der Waals surface area contributed by atoms with Crippen LogP contribution >= 0.6 is 0 Å². The second-order valence-electron chi connectivity index (χ2n) is 6.53. The van der Waals surface area contributed by atoms with E-state index in [9.17, 15) is 18.0 Å². The van der Waals surface area contributed by atoms with E-state index in [1.807, 2.05) is 25.1 Å². The van der Waals surface area contributed by atoms with Gasteiger partial charge in [0.2, 0.25) is 11.8 Å². The molecule has 1 unspecified atom stereocenters. The van der Waals surface area contributed by atoms with Crippen molar-refractivity contribution in [2.24, 2.45) is 4.99 Å². The minimum atomic E-state index is -3.67. The molecule has 9 heteroatoms. The lowest BCUT2D eigenvalue weighted by Crippen LogP contribution is -2.38. The SMILES string of the molecule is CCc1ccccc1NC(=O)CNC(=O)C(C)N=C1NS(=O)(=O)c2ccccc21. The van der Waals surface area contributed by atoms with E-state index in [4.69, 9.17) is 0 Å². The van der Waals surface area contributed by atoms with Crippen LogP contribution in [0.5, 0.6) is 0 Å². The second kappa shape index (κ2) is 8.44. The highest BCUT2D eigenvalue weighted by Crippen LogP contribution is 2.22. The van der Waals surface area contributed by atoms with Crippen molar-refractivity contribution in [2.75, 3.05) is 11.9 Å². The number of hydrogen-bond donors (Lipinski definition) is 3. The lowest BCUT2D eigenvalue weighted by Gasteiger charge is -2.12. The van der Waals surface area contributed by atoms with Gasteiger partial charge in [-0.3, -0.25) is 19.3 Å². The van der Waals surface area contributed by atoms with Crippen molar-refractivity contribution < 1.29 is 18.0 Å². The number of aliphatic imine (C=N–C) groups is 1. The van der Waals surface area contributed by atoms with Gasteiger partial charge in [-0.2, -0.15) is 0 Å². The van der Waals surface area contributed by atoms with Crippen molar-refractivity contribution in [1.82, 2.24) is 10.0 Å². The van der Waals surface area contributed by atoms with Gasteiger partial charge < -0.3 is 10.6 Å². The van der Waals surface area contributed by atoms with E-state index in [1.54, 1.807) is 24.3 Å². The van der Waals surface area contributed by atoms with Crippen molar-refractivity contribution in [3.63, 3.8) is 0 Å². The molecule has 0 saturated heterocycles. The molecular formula is C20H22N4O4S. The summed E-state index contributed by atoms with van der Waals surface area (Å²) in [5.41, 5.74) is 2.12. The molecule has 0 aromatic heterocycles. The van der Waals surface area contributed by atoms with Crippen LogP contribution in [0, 0.1) is 0 Å². The highest BCUT2D eigenvalue weighted by Gasteiger charge is 2.31. The molecule has 3 rings (SSSR count). The highest BCUT2D eigenvalue weighted by atomic mass is 32.2. The van der Waals surface area contributed by atoms with Crippen LogP contribution in [-0.4, -0.2) is 38.7 Å². The Morgan fingerprint density at radius 1 is 1.10 bits per heavy atom. The number of nitrogens with zero attached hydrogens (tertiary/aromatic N) is 1. The number of carbonyl (C=O) groups excluding carboxylic acids is 2. The Hall–Kier alpha value is -3.20.